The summed E-state index contributed by atoms with van der Waals surface area (Å²) in [7, 11) is 0. The predicted octanol–water partition coefficient (Wildman–Crippen LogP) is 3.75. The third-order valence-electron chi connectivity index (χ3n) is 4.37. The minimum atomic E-state index is -0.784. The molecule has 4 nitrogen and oxygen atoms in total. The maximum atomic E-state index is 13.6. The lowest BCUT2D eigenvalue weighted by Gasteiger charge is -2.32. The molecule has 2 amide bonds. The van der Waals surface area contributed by atoms with Gasteiger partial charge >= 0.3 is 6.03 Å². The van der Waals surface area contributed by atoms with Crippen LogP contribution in [0.5, 0.6) is 0 Å². The number of rotatable bonds is 4. The number of amides is 2. The Morgan fingerprint density at radius 3 is 2.28 bits per heavy atom. The zero-order chi connectivity index (χ0) is 17.6. The summed E-state index contributed by atoms with van der Waals surface area (Å²) < 4.78 is 27.1. The van der Waals surface area contributed by atoms with Crippen LogP contribution in [-0.2, 0) is 6.54 Å². The van der Waals surface area contributed by atoms with Gasteiger partial charge in [0.2, 0.25) is 0 Å². The summed E-state index contributed by atoms with van der Waals surface area (Å²) in [6.45, 7) is 2.63. The van der Waals surface area contributed by atoms with E-state index in [4.69, 9.17) is 0 Å². The van der Waals surface area contributed by atoms with Crippen molar-refractivity contribution in [1.82, 2.24) is 10.2 Å². The second kappa shape index (κ2) is 8.07. The molecule has 132 valence electrons. The van der Waals surface area contributed by atoms with E-state index in [-0.39, 0.29) is 6.04 Å². The molecule has 1 saturated heterocycles. The van der Waals surface area contributed by atoms with Gasteiger partial charge in [-0.05, 0) is 30.5 Å². The minimum absolute atomic E-state index is 0.00172. The Balaban J connectivity index is 1.46. The molecular weight excluding hydrogens is 324 g/mol. The van der Waals surface area contributed by atoms with E-state index in [1.54, 1.807) is 0 Å². The van der Waals surface area contributed by atoms with Crippen LogP contribution in [0.4, 0.5) is 19.3 Å². The highest BCUT2D eigenvalue weighted by molar-refractivity contribution is 5.89. The average Bonchev–Trinajstić information content (AvgIpc) is 2.61. The molecule has 2 N–H and O–H groups in total. The number of anilines is 1. The molecule has 0 aromatic heterocycles. The highest BCUT2D eigenvalue weighted by Crippen LogP contribution is 2.18. The molecule has 0 bridgehead atoms. The van der Waals surface area contributed by atoms with Gasteiger partial charge in [-0.15, -0.1) is 0 Å². The van der Waals surface area contributed by atoms with Crippen LogP contribution in [0, 0.1) is 11.6 Å². The lowest BCUT2D eigenvalue weighted by atomic mass is 10.0. The number of halogens is 2. The summed E-state index contributed by atoms with van der Waals surface area (Å²) in [5, 5.41) is 5.06. The predicted molar refractivity (Wildman–Crippen MR) is 93.3 cm³/mol. The van der Waals surface area contributed by atoms with Crippen molar-refractivity contribution in [3.05, 3.63) is 65.7 Å². The van der Waals surface area contributed by atoms with Gasteiger partial charge in [-0.1, -0.05) is 36.4 Å². The number of benzene rings is 2. The standard InChI is InChI=1S/C19H21F2N3O/c20-16-7-4-8-17(21)18(16)23-19(25)22-15-9-11-24(12-10-15)13-14-5-2-1-3-6-14/h1-8,15H,9-13H2,(H2,22,23,25). The van der Waals surface area contributed by atoms with Gasteiger partial charge in [-0.2, -0.15) is 0 Å². The molecule has 1 aliphatic rings. The normalized spacial score (nSPS) is 15.8. The van der Waals surface area contributed by atoms with Crippen molar-refractivity contribution in [2.45, 2.75) is 25.4 Å². The molecule has 0 radical (unpaired) electrons. The topological polar surface area (TPSA) is 44.4 Å². The molecule has 0 saturated carbocycles. The Kier molecular flexibility index (Phi) is 5.60. The second-order valence-corrected chi connectivity index (χ2v) is 6.23. The van der Waals surface area contributed by atoms with Crippen molar-refractivity contribution >= 4 is 11.7 Å². The maximum absolute atomic E-state index is 13.6. The molecule has 1 aliphatic heterocycles. The fourth-order valence-corrected chi connectivity index (χ4v) is 3.03. The number of likely N-dealkylation sites (tertiary alicyclic amines) is 1. The van der Waals surface area contributed by atoms with Crippen LogP contribution in [0.2, 0.25) is 0 Å². The number of carbonyl (C=O) groups excluding carboxylic acids is 1. The number of nitrogens with zero attached hydrogens (tertiary/aromatic N) is 1. The van der Waals surface area contributed by atoms with Gasteiger partial charge in [0.15, 0.2) is 0 Å². The van der Waals surface area contributed by atoms with E-state index in [2.05, 4.69) is 27.7 Å². The van der Waals surface area contributed by atoms with E-state index in [1.807, 2.05) is 18.2 Å². The average molecular weight is 345 g/mol. The van der Waals surface area contributed by atoms with Crippen LogP contribution in [0.1, 0.15) is 18.4 Å². The second-order valence-electron chi connectivity index (χ2n) is 6.23. The lowest BCUT2D eigenvalue weighted by molar-refractivity contribution is 0.190. The van der Waals surface area contributed by atoms with E-state index in [0.29, 0.717) is 0 Å². The van der Waals surface area contributed by atoms with Gasteiger partial charge in [0, 0.05) is 25.7 Å². The summed E-state index contributed by atoms with van der Waals surface area (Å²) >= 11 is 0. The van der Waals surface area contributed by atoms with Gasteiger partial charge in [0.05, 0.1) is 0 Å². The number of urea groups is 1. The number of hydrogen-bond acceptors (Lipinski definition) is 2. The molecule has 0 atom stereocenters. The molecule has 1 heterocycles. The van der Waals surface area contributed by atoms with Crippen molar-refractivity contribution in [3.63, 3.8) is 0 Å². The first-order valence-electron chi connectivity index (χ1n) is 8.39. The van der Waals surface area contributed by atoms with Gasteiger partial charge in [-0.25, -0.2) is 13.6 Å². The fraction of sp³-hybridized carbons (Fsp3) is 0.316. The van der Waals surface area contributed by atoms with Gasteiger partial charge < -0.3 is 10.6 Å². The molecular formula is C19H21F2N3O. The van der Waals surface area contributed by atoms with Crippen LogP contribution in [-0.4, -0.2) is 30.1 Å². The van der Waals surface area contributed by atoms with Crippen LogP contribution in [0.15, 0.2) is 48.5 Å². The van der Waals surface area contributed by atoms with E-state index < -0.39 is 23.4 Å². The van der Waals surface area contributed by atoms with E-state index in [0.717, 1.165) is 44.6 Å². The SMILES string of the molecule is O=C(Nc1c(F)cccc1F)NC1CCN(Cc2ccccc2)CC1. The molecule has 1 fully saturated rings. The summed E-state index contributed by atoms with van der Waals surface area (Å²) in [6.07, 6.45) is 1.61. The maximum Gasteiger partial charge on any atom is 0.319 e. The highest BCUT2D eigenvalue weighted by atomic mass is 19.1. The minimum Gasteiger partial charge on any atom is -0.335 e. The van der Waals surface area contributed by atoms with Crippen molar-refractivity contribution in [2.24, 2.45) is 0 Å². The van der Waals surface area contributed by atoms with E-state index in [1.165, 1.54) is 11.6 Å². The Morgan fingerprint density at radius 2 is 1.64 bits per heavy atom. The van der Waals surface area contributed by atoms with E-state index >= 15 is 0 Å². The Hall–Kier alpha value is -2.47. The Labute approximate surface area is 145 Å². The van der Waals surface area contributed by atoms with Crippen LogP contribution >= 0.6 is 0 Å². The van der Waals surface area contributed by atoms with E-state index in [9.17, 15) is 13.6 Å². The zero-order valence-corrected chi connectivity index (χ0v) is 13.8. The van der Waals surface area contributed by atoms with Crippen LogP contribution in [0.25, 0.3) is 0 Å². The summed E-state index contributed by atoms with van der Waals surface area (Å²) in [4.78, 5) is 14.3. The summed E-state index contributed by atoms with van der Waals surface area (Å²) in [6, 6.07) is 13.1. The number of carbonyl (C=O) groups is 1. The van der Waals surface area contributed by atoms with Gasteiger partial charge in [0.25, 0.3) is 0 Å². The van der Waals surface area contributed by atoms with Crippen molar-refractivity contribution < 1.29 is 13.6 Å². The quantitative estimate of drug-likeness (QED) is 0.886. The van der Waals surface area contributed by atoms with Crippen LogP contribution < -0.4 is 10.6 Å². The monoisotopic (exact) mass is 345 g/mol. The molecule has 0 spiro atoms. The molecule has 0 aliphatic carbocycles. The molecule has 0 unspecified atom stereocenters. The molecule has 3 rings (SSSR count). The third kappa shape index (κ3) is 4.76. The first-order chi connectivity index (χ1) is 12.1. The zero-order valence-electron chi connectivity index (χ0n) is 13.8. The van der Waals surface area contributed by atoms with Crippen molar-refractivity contribution in [3.8, 4) is 0 Å². The Bertz CT molecular complexity index is 696. The number of nitrogens with one attached hydrogen (secondary N) is 2. The molecule has 6 heteroatoms. The summed E-state index contributed by atoms with van der Waals surface area (Å²) in [5.74, 6) is -1.57. The Morgan fingerprint density at radius 1 is 1.00 bits per heavy atom. The smallest absolute Gasteiger partial charge is 0.319 e. The van der Waals surface area contributed by atoms with Crippen molar-refractivity contribution in [2.75, 3.05) is 18.4 Å². The molecule has 2 aromatic carbocycles. The first-order valence-corrected chi connectivity index (χ1v) is 8.39. The van der Waals surface area contributed by atoms with Gasteiger partial charge in [0.1, 0.15) is 17.3 Å². The fourth-order valence-electron chi connectivity index (χ4n) is 3.03. The lowest BCUT2D eigenvalue weighted by Crippen LogP contribution is -2.45. The third-order valence-corrected chi connectivity index (χ3v) is 4.37. The number of para-hydroxylation sites is 1. The molecule has 2 aromatic rings. The largest absolute Gasteiger partial charge is 0.335 e. The first kappa shape index (κ1) is 17.4. The molecule has 25 heavy (non-hydrogen) atoms. The summed E-state index contributed by atoms with van der Waals surface area (Å²) in [5.41, 5.74) is 0.850. The van der Waals surface area contributed by atoms with Gasteiger partial charge in [-0.3, -0.25) is 4.90 Å². The highest BCUT2D eigenvalue weighted by Gasteiger charge is 2.21. The number of piperidine rings is 1. The van der Waals surface area contributed by atoms with Crippen LogP contribution in [0.3, 0.4) is 0 Å². The number of hydrogen-bond donors (Lipinski definition) is 2. The van der Waals surface area contributed by atoms with Crippen molar-refractivity contribution in [1.29, 1.82) is 0 Å².